The monoisotopic (exact) mass is 319 g/mol. The van der Waals surface area contributed by atoms with Crippen LogP contribution >= 0.6 is 23.2 Å². The lowest BCUT2D eigenvalue weighted by atomic mass is 9.90. The number of anilines is 1. The Bertz CT molecular complexity index is 697. The molecule has 4 heteroatoms. The number of benzene rings is 2. The summed E-state index contributed by atoms with van der Waals surface area (Å²) in [6.45, 7) is 0. The molecule has 0 saturated carbocycles. The maximum Gasteiger partial charge on any atom is 0.255 e. The predicted octanol–water partition coefficient (Wildman–Crippen LogP) is 5.12. The summed E-state index contributed by atoms with van der Waals surface area (Å²) < 4.78 is 0. The molecule has 0 aliphatic heterocycles. The molecule has 0 fully saturated rings. The minimum atomic E-state index is -0.123. The molecule has 1 aliphatic rings. The van der Waals surface area contributed by atoms with E-state index in [0.29, 0.717) is 21.3 Å². The second-order valence-electron chi connectivity index (χ2n) is 5.27. The van der Waals surface area contributed by atoms with Crippen LogP contribution in [0, 0.1) is 0 Å². The van der Waals surface area contributed by atoms with Crippen molar-refractivity contribution in [3.8, 4) is 0 Å². The zero-order valence-corrected chi connectivity index (χ0v) is 13.0. The van der Waals surface area contributed by atoms with Crippen molar-refractivity contribution in [2.75, 3.05) is 5.32 Å². The topological polar surface area (TPSA) is 29.1 Å². The number of aryl methyl sites for hydroxylation is 2. The van der Waals surface area contributed by atoms with Crippen molar-refractivity contribution in [1.29, 1.82) is 0 Å². The summed E-state index contributed by atoms with van der Waals surface area (Å²) in [6.07, 6.45) is 4.61. The summed E-state index contributed by atoms with van der Waals surface area (Å²) in [7, 11) is 0. The van der Waals surface area contributed by atoms with Gasteiger partial charge in [-0.2, -0.15) is 0 Å². The van der Waals surface area contributed by atoms with Gasteiger partial charge in [0.2, 0.25) is 0 Å². The van der Waals surface area contributed by atoms with Gasteiger partial charge in [-0.05, 0) is 67.1 Å². The van der Waals surface area contributed by atoms with E-state index in [2.05, 4.69) is 11.4 Å². The number of nitrogens with one attached hydrogen (secondary N) is 1. The van der Waals surface area contributed by atoms with Gasteiger partial charge in [-0.3, -0.25) is 4.79 Å². The van der Waals surface area contributed by atoms with Gasteiger partial charge in [0.15, 0.2) is 0 Å². The van der Waals surface area contributed by atoms with Crippen molar-refractivity contribution < 1.29 is 4.79 Å². The van der Waals surface area contributed by atoms with Crippen LogP contribution in [-0.4, -0.2) is 5.91 Å². The number of fused-ring (bicyclic) bond motifs is 1. The van der Waals surface area contributed by atoms with Crippen LogP contribution in [0.4, 0.5) is 5.69 Å². The first-order valence-electron chi connectivity index (χ1n) is 7.02. The molecule has 21 heavy (non-hydrogen) atoms. The standard InChI is InChI=1S/C17H15Cl2NO/c18-15-8-7-14(10-16(15)19)20-17(21)13-6-5-11-3-1-2-4-12(11)9-13/h5-10H,1-4H2,(H,20,21). The van der Waals surface area contributed by atoms with Gasteiger partial charge < -0.3 is 5.32 Å². The van der Waals surface area contributed by atoms with Crippen LogP contribution in [0.3, 0.4) is 0 Å². The van der Waals surface area contributed by atoms with Gasteiger partial charge in [-0.15, -0.1) is 0 Å². The van der Waals surface area contributed by atoms with Crippen molar-refractivity contribution in [1.82, 2.24) is 0 Å². The van der Waals surface area contributed by atoms with E-state index < -0.39 is 0 Å². The average molecular weight is 320 g/mol. The molecule has 0 radical (unpaired) electrons. The van der Waals surface area contributed by atoms with Gasteiger partial charge in [0.05, 0.1) is 10.0 Å². The molecule has 2 aromatic carbocycles. The Morgan fingerprint density at radius 3 is 2.43 bits per heavy atom. The van der Waals surface area contributed by atoms with E-state index in [1.807, 2.05) is 12.1 Å². The molecule has 0 bridgehead atoms. The highest BCUT2D eigenvalue weighted by molar-refractivity contribution is 6.42. The minimum Gasteiger partial charge on any atom is -0.322 e. The Labute approximate surface area is 134 Å². The minimum absolute atomic E-state index is 0.123. The van der Waals surface area contributed by atoms with Crippen LogP contribution in [0.15, 0.2) is 36.4 Å². The van der Waals surface area contributed by atoms with Crippen LogP contribution in [0.1, 0.15) is 34.3 Å². The first-order valence-corrected chi connectivity index (χ1v) is 7.77. The molecule has 0 spiro atoms. The zero-order chi connectivity index (χ0) is 14.8. The molecular formula is C17H15Cl2NO. The Hall–Kier alpha value is -1.51. The third kappa shape index (κ3) is 3.22. The Morgan fingerprint density at radius 2 is 1.67 bits per heavy atom. The van der Waals surface area contributed by atoms with Gasteiger partial charge >= 0.3 is 0 Å². The molecule has 2 nitrogen and oxygen atoms in total. The second kappa shape index (κ2) is 6.08. The van der Waals surface area contributed by atoms with E-state index in [1.54, 1.807) is 18.2 Å². The summed E-state index contributed by atoms with van der Waals surface area (Å²) in [4.78, 5) is 12.3. The van der Waals surface area contributed by atoms with E-state index in [1.165, 1.54) is 24.0 Å². The van der Waals surface area contributed by atoms with Crippen molar-refractivity contribution in [2.45, 2.75) is 25.7 Å². The third-order valence-electron chi connectivity index (χ3n) is 3.79. The Balaban J connectivity index is 1.80. The highest BCUT2D eigenvalue weighted by Gasteiger charge is 2.13. The first kappa shape index (κ1) is 14.4. The molecule has 1 aliphatic carbocycles. The van der Waals surface area contributed by atoms with Crippen LogP contribution in [-0.2, 0) is 12.8 Å². The Morgan fingerprint density at radius 1 is 0.905 bits per heavy atom. The number of hydrogen-bond acceptors (Lipinski definition) is 1. The molecule has 0 heterocycles. The second-order valence-corrected chi connectivity index (χ2v) is 6.09. The molecule has 108 valence electrons. The number of halogens is 2. The van der Waals surface area contributed by atoms with E-state index in [0.717, 1.165) is 12.8 Å². The van der Waals surface area contributed by atoms with Gasteiger partial charge in [-0.1, -0.05) is 29.3 Å². The van der Waals surface area contributed by atoms with Gasteiger partial charge in [0, 0.05) is 11.3 Å². The number of rotatable bonds is 2. The fourth-order valence-corrected chi connectivity index (χ4v) is 2.95. The van der Waals surface area contributed by atoms with Crippen LogP contribution in [0.2, 0.25) is 10.0 Å². The van der Waals surface area contributed by atoms with Crippen LogP contribution in [0.25, 0.3) is 0 Å². The molecular weight excluding hydrogens is 305 g/mol. The quantitative estimate of drug-likeness (QED) is 0.817. The summed E-state index contributed by atoms with van der Waals surface area (Å²) in [5.41, 5.74) is 3.99. The molecule has 0 atom stereocenters. The summed E-state index contributed by atoms with van der Waals surface area (Å²) in [5.74, 6) is -0.123. The number of carbonyl (C=O) groups is 1. The van der Waals surface area contributed by atoms with Crippen molar-refractivity contribution in [3.05, 3.63) is 63.1 Å². The lowest BCUT2D eigenvalue weighted by Crippen LogP contribution is -2.13. The molecule has 2 aromatic rings. The average Bonchev–Trinajstić information content (AvgIpc) is 2.50. The fourth-order valence-electron chi connectivity index (χ4n) is 2.65. The predicted molar refractivity (Wildman–Crippen MR) is 87.5 cm³/mol. The largest absolute Gasteiger partial charge is 0.322 e. The maximum absolute atomic E-state index is 12.3. The van der Waals surface area contributed by atoms with Crippen molar-refractivity contribution in [3.63, 3.8) is 0 Å². The molecule has 0 aromatic heterocycles. The number of carbonyl (C=O) groups excluding carboxylic acids is 1. The zero-order valence-electron chi connectivity index (χ0n) is 11.5. The number of hydrogen-bond donors (Lipinski definition) is 1. The summed E-state index contributed by atoms with van der Waals surface area (Å²) in [5, 5.41) is 3.76. The number of amides is 1. The molecule has 1 N–H and O–H groups in total. The van der Waals surface area contributed by atoms with Crippen LogP contribution in [0.5, 0.6) is 0 Å². The van der Waals surface area contributed by atoms with Gasteiger partial charge in [0.1, 0.15) is 0 Å². The van der Waals surface area contributed by atoms with E-state index in [9.17, 15) is 4.79 Å². The Kier molecular flexibility index (Phi) is 4.18. The molecule has 0 saturated heterocycles. The van der Waals surface area contributed by atoms with E-state index >= 15 is 0 Å². The SMILES string of the molecule is O=C(Nc1ccc(Cl)c(Cl)c1)c1ccc2c(c1)CCCC2. The maximum atomic E-state index is 12.3. The lowest BCUT2D eigenvalue weighted by molar-refractivity contribution is 0.102. The highest BCUT2D eigenvalue weighted by Crippen LogP contribution is 2.26. The van der Waals surface area contributed by atoms with Crippen molar-refractivity contribution in [2.24, 2.45) is 0 Å². The normalized spacial score (nSPS) is 13.6. The van der Waals surface area contributed by atoms with Crippen LogP contribution < -0.4 is 5.32 Å². The molecule has 3 rings (SSSR count). The van der Waals surface area contributed by atoms with Gasteiger partial charge in [0.25, 0.3) is 5.91 Å². The third-order valence-corrected chi connectivity index (χ3v) is 4.53. The summed E-state index contributed by atoms with van der Waals surface area (Å²) >= 11 is 11.8. The highest BCUT2D eigenvalue weighted by atomic mass is 35.5. The van der Waals surface area contributed by atoms with Gasteiger partial charge in [-0.25, -0.2) is 0 Å². The van der Waals surface area contributed by atoms with E-state index in [-0.39, 0.29) is 5.91 Å². The first-order chi connectivity index (χ1) is 10.1. The lowest BCUT2D eigenvalue weighted by Gasteiger charge is -2.16. The molecule has 1 amide bonds. The fraction of sp³-hybridized carbons (Fsp3) is 0.235. The van der Waals surface area contributed by atoms with E-state index in [4.69, 9.17) is 23.2 Å². The smallest absolute Gasteiger partial charge is 0.255 e. The summed E-state index contributed by atoms with van der Waals surface area (Å²) in [6, 6.07) is 11.0. The molecule has 0 unspecified atom stereocenters. The van der Waals surface area contributed by atoms with Crippen molar-refractivity contribution >= 4 is 34.8 Å².